The highest BCUT2D eigenvalue weighted by atomic mass is 35.5. The number of nitrogens with one attached hydrogen (secondary N) is 1. The van der Waals surface area contributed by atoms with E-state index in [9.17, 15) is 4.79 Å². The molecule has 0 bridgehead atoms. The largest absolute Gasteiger partial charge is 0.355 e. The summed E-state index contributed by atoms with van der Waals surface area (Å²) in [5.41, 5.74) is 0.861. The molecule has 0 saturated heterocycles. The summed E-state index contributed by atoms with van der Waals surface area (Å²) in [5.74, 6) is 1.01. The molecule has 1 aromatic heterocycles. The molecule has 0 saturated carbocycles. The van der Waals surface area contributed by atoms with Crippen LogP contribution in [-0.2, 0) is 4.79 Å². The third kappa shape index (κ3) is 5.48. The molecule has 26 heavy (non-hydrogen) atoms. The minimum absolute atomic E-state index is 0.0469. The van der Waals surface area contributed by atoms with Crippen molar-refractivity contribution in [2.45, 2.75) is 10.1 Å². The predicted octanol–water partition coefficient (Wildman–Crippen LogP) is 3.32. The Hall–Kier alpha value is -2.03. The van der Waals surface area contributed by atoms with Crippen LogP contribution in [0.1, 0.15) is 0 Å². The van der Waals surface area contributed by atoms with Gasteiger partial charge in [-0.2, -0.15) is 4.68 Å². The van der Waals surface area contributed by atoms with Gasteiger partial charge in [-0.3, -0.25) is 4.79 Å². The van der Waals surface area contributed by atoms with Gasteiger partial charge in [0.15, 0.2) is 0 Å². The second-order valence-electron chi connectivity index (χ2n) is 5.15. The normalized spacial score (nSPS) is 10.7. The number of thioether (sulfide) groups is 2. The van der Waals surface area contributed by atoms with E-state index < -0.39 is 0 Å². The van der Waals surface area contributed by atoms with Crippen LogP contribution in [0.15, 0.2) is 64.6 Å². The maximum absolute atomic E-state index is 12.0. The number of halogens is 1. The van der Waals surface area contributed by atoms with Gasteiger partial charge in [-0.05, 0) is 46.8 Å². The number of aromatic nitrogens is 4. The smallest absolute Gasteiger partial charge is 0.230 e. The minimum Gasteiger partial charge on any atom is -0.355 e. The molecule has 1 amide bonds. The van der Waals surface area contributed by atoms with E-state index in [-0.39, 0.29) is 11.7 Å². The SMILES string of the molecule is O=C(CSc1nnnn1-c1ccccc1)NCCSc1ccc(Cl)cc1. The van der Waals surface area contributed by atoms with Gasteiger partial charge >= 0.3 is 0 Å². The number of carbonyl (C=O) groups is 1. The van der Waals surface area contributed by atoms with E-state index in [0.717, 1.165) is 21.4 Å². The van der Waals surface area contributed by atoms with Gasteiger partial charge in [0.1, 0.15) is 0 Å². The van der Waals surface area contributed by atoms with E-state index >= 15 is 0 Å². The Morgan fingerprint density at radius 3 is 2.62 bits per heavy atom. The van der Waals surface area contributed by atoms with Crippen LogP contribution >= 0.6 is 35.1 Å². The Kier molecular flexibility index (Phi) is 6.93. The number of hydrogen-bond donors (Lipinski definition) is 1. The topological polar surface area (TPSA) is 72.7 Å². The highest BCUT2D eigenvalue weighted by molar-refractivity contribution is 7.99. The number of hydrogen-bond acceptors (Lipinski definition) is 6. The van der Waals surface area contributed by atoms with Gasteiger partial charge in [-0.25, -0.2) is 0 Å². The van der Waals surface area contributed by atoms with E-state index in [1.807, 2.05) is 54.6 Å². The van der Waals surface area contributed by atoms with Crippen LogP contribution in [0.4, 0.5) is 0 Å². The van der Waals surface area contributed by atoms with Crippen molar-refractivity contribution in [1.29, 1.82) is 0 Å². The summed E-state index contributed by atoms with van der Waals surface area (Å²) in [4.78, 5) is 13.1. The number of amides is 1. The molecule has 3 aromatic rings. The van der Waals surface area contributed by atoms with Gasteiger partial charge in [-0.1, -0.05) is 41.6 Å². The van der Waals surface area contributed by atoms with Crippen LogP contribution in [0.3, 0.4) is 0 Å². The predicted molar refractivity (Wildman–Crippen MR) is 105 cm³/mol. The van der Waals surface area contributed by atoms with E-state index in [4.69, 9.17) is 11.6 Å². The molecule has 3 rings (SSSR count). The average molecular weight is 406 g/mol. The molecule has 0 spiro atoms. The molecule has 0 radical (unpaired) electrons. The van der Waals surface area contributed by atoms with Crippen molar-refractivity contribution in [3.05, 3.63) is 59.6 Å². The van der Waals surface area contributed by atoms with Gasteiger partial charge in [0.25, 0.3) is 0 Å². The van der Waals surface area contributed by atoms with E-state index in [0.29, 0.717) is 11.7 Å². The summed E-state index contributed by atoms with van der Waals surface area (Å²) in [6, 6.07) is 17.2. The molecule has 0 aliphatic heterocycles. The number of tetrazole rings is 1. The summed E-state index contributed by atoms with van der Waals surface area (Å²) < 4.78 is 1.62. The van der Waals surface area contributed by atoms with E-state index in [1.165, 1.54) is 11.8 Å². The Balaban J connectivity index is 1.41. The Labute approximate surface area is 164 Å². The molecule has 9 heteroatoms. The highest BCUT2D eigenvalue weighted by Gasteiger charge is 2.11. The average Bonchev–Trinajstić information content (AvgIpc) is 3.14. The number of carbonyl (C=O) groups excluding carboxylic acids is 1. The van der Waals surface area contributed by atoms with Crippen LogP contribution in [0.2, 0.25) is 5.02 Å². The van der Waals surface area contributed by atoms with E-state index in [1.54, 1.807) is 16.4 Å². The molecule has 0 unspecified atom stereocenters. The van der Waals surface area contributed by atoms with Crippen LogP contribution in [0, 0.1) is 0 Å². The molecule has 0 atom stereocenters. The molecule has 0 aliphatic rings. The zero-order valence-electron chi connectivity index (χ0n) is 13.7. The summed E-state index contributed by atoms with van der Waals surface area (Å²) in [6.45, 7) is 0.594. The lowest BCUT2D eigenvalue weighted by atomic mass is 10.3. The van der Waals surface area contributed by atoms with E-state index in [2.05, 4.69) is 20.8 Å². The number of benzene rings is 2. The van der Waals surface area contributed by atoms with Crippen LogP contribution in [0.5, 0.6) is 0 Å². The van der Waals surface area contributed by atoms with Crippen molar-refractivity contribution in [3.8, 4) is 5.69 Å². The van der Waals surface area contributed by atoms with Crippen LogP contribution in [-0.4, -0.2) is 44.2 Å². The van der Waals surface area contributed by atoms with Crippen molar-refractivity contribution in [2.75, 3.05) is 18.1 Å². The summed E-state index contributed by atoms with van der Waals surface area (Å²) in [5, 5.41) is 15.8. The first-order chi connectivity index (χ1) is 12.7. The van der Waals surface area contributed by atoms with Crippen LogP contribution in [0.25, 0.3) is 5.69 Å². The zero-order valence-corrected chi connectivity index (χ0v) is 16.1. The molecule has 0 fully saturated rings. The fourth-order valence-electron chi connectivity index (χ4n) is 2.07. The third-order valence-corrected chi connectivity index (χ3v) is 5.47. The van der Waals surface area contributed by atoms with Crippen molar-refractivity contribution >= 4 is 41.0 Å². The van der Waals surface area contributed by atoms with Gasteiger partial charge in [0.2, 0.25) is 11.1 Å². The first kappa shape index (κ1) is 18.8. The van der Waals surface area contributed by atoms with Crippen molar-refractivity contribution in [1.82, 2.24) is 25.5 Å². The van der Waals surface area contributed by atoms with Gasteiger partial charge in [0.05, 0.1) is 11.4 Å². The standard InChI is InChI=1S/C17H16ClN5OS2/c18-13-6-8-15(9-7-13)25-11-10-19-16(24)12-26-17-20-21-22-23(17)14-4-2-1-3-5-14/h1-9H,10-12H2,(H,19,24). The first-order valence-corrected chi connectivity index (χ1v) is 10.2. The van der Waals surface area contributed by atoms with Gasteiger partial charge in [0, 0.05) is 22.2 Å². The molecular weight excluding hydrogens is 390 g/mol. The molecule has 2 aromatic carbocycles. The third-order valence-electron chi connectivity index (χ3n) is 3.28. The second-order valence-corrected chi connectivity index (χ2v) is 7.70. The second kappa shape index (κ2) is 9.61. The first-order valence-electron chi connectivity index (χ1n) is 7.84. The van der Waals surface area contributed by atoms with Crippen molar-refractivity contribution in [3.63, 3.8) is 0 Å². The molecule has 134 valence electrons. The van der Waals surface area contributed by atoms with Crippen LogP contribution < -0.4 is 5.32 Å². The Morgan fingerprint density at radius 1 is 1.08 bits per heavy atom. The van der Waals surface area contributed by atoms with Gasteiger partial charge in [-0.15, -0.1) is 16.9 Å². The van der Waals surface area contributed by atoms with Crippen molar-refractivity contribution < 1.29 is 4.79 Å². The quantitative estimate of drug-likeness (QED) is 0.458. The fraction of sp³-hybridized carbons (Fsp3) is 0.176. The molecule has 0 aliphatic carbocycles. The lowest BCUT2D eigenvalue weighted by Gasteiger charge is -2.06. The highest BCUT2D eigenvalue weighted by Crippen LogP contribution is 2.20. The number of rotatable bonds is 8. The maximum atomic E-state index is 12.0. The molecule has 6 nitrogen and oxygen atoms in total. The zero-order chi connectivity index (χ0) is 18.2. The maximum Gasteiger partial charge on any atom is 0.230 e. The molecule has 1 heterocycles. The summed E-state index contributed by atoms with van der Waals surface area (Å²) >= 11 is 8.83. The molecular formula is C17H16ClN5OS2. The lowest BCUT2D eigenvalue weighted by molar-refractivity contribution is -0.118. The monoisotopic (exact) mass is 405 g/mol. The minimum atomic E-state index is -0.0469. The number of para-hydroxylation sites is 1. The Morgan fingerprint density at radius 2 is 1.85 bits per heavy atom. The molecule has 1 N–H and O–H groups in total. The summed E-state index contributed by atoms with van der Waals surface area (Å²) in [7, 11) is 0. The Bertz CT molecular complexity index is 842. The van der Waals surface area contributed by atoms with Crippen molar-refractivity contribution in [2.24, 2.45) is 0 Å². The number of nitrogens with zero attached hydrogens (tertiary/aromatic N) is 4. The summed E-state index contributed by atoms with van der Waals surface area (Å²) in [6.07, 6.45) is 0. The van der Waals surface area contributed by atoms with Gasteiger partial charge < -0.3 is 5.32 Å². The lowest BCUT2D eigenvalue weighted by Crippen LogP contribution is -2.27. The fourth-order valence-corrected chi connectivity index (χ4v) is 3.69.